The molecule has 15 heavy (non-hydrogen) atoms. The Morgan fingerprint density at radius 1 is 1.20 bits per heavy atom. The summed E-state index contributed by atoms with van der Waals surface area (Å²) >= 11 is 0. The third-order valence-corrected chi connectivity index (χ3v) is 1.61. The average Bonchev–Trinajstić information content (AvgIpc) is 2.49. The molecular weight excluding hydrogens is 225 g/mol. The van der Waals surface area contributed by atoms with Crippen LogP contribution in [0.4, 0.5) is 22.0 Å². The zero-order valence-corrected chi connectivity index (χ0v) is 6.90. The molecule has 84 valence electrons. The summed E-state index contributed by atoms with van der Waals surface area (Å²) in [7, 11) is 0. The van der Waals surface area contributed by atoms with E-state index >= 15 is 0 Å². The second-order valence-corrected chi connectivity index (χ2v) is 2.66. The van der Waals surface area contributed by atoms with Gasteiger partial charge in [0.2, 0.25) is 0 Å². The Bertz CT molecular complexity index is 381. The topological polar surface area (TPSA) is 53.1 Å². The van der Waals surface area contributed by atoms with Gasteiger partial charge in [0.1, 0.15) is 5.69 Å². The molecule has 1 rings (SSSR count). The van der Waals surface area contributed by atoms with Gasteiger partial charge in [-0.05, 0) is 12.1 Å². The molecule has 1 heterocycles. The number of aromatic carboxylic acids is 1. The number of H-pyrrole nitrogens is 1. The lowest BCUT2D eigenvalue weighted by Gasteiger charge is -2.17. The van der Waals surface area contributed by atoms with Gasteiger partial charge < -0.3 is 10.1 Å². The third-order valence-electron chi connectivity index (χ3n) is 1.61. The second-order valence-electron chi connectivity index (χ2n) is 2.66. The molecule has 0 fully saturated rings. The molecule has 3 nitrogen and oxygen atoms in total. The molecule has 0 aliphatic heterocycles. The first-order valence-corrected chi connectivity index (χ1v) is 3.53. The van der Waals surface area contributed by atoms with Gasteiger partial charge in [0.15, 0.2) is 0 Å². The first-order chi connectivity index (χ1) is 6.66. The number of aromatic amines is 1. The van der Waals surface area contributed by atoms with Crippen molar-refractivity contribution in [3.8, 4) is 0 Å². The number of halogens is 5. The number of carboxylic acid groups (broad SMARTS) is 1. The Morgan fingerprint density at radius 2 is 1.73 bits per heavy atom. The zero-order chi connectivity index (χ0) is 11.9. The smallest absolute Gasteiger partial charge is 0.459 e. The van der Waals surface area contributed by atoms with Gasteiger partial charge in [0, 0.05) is 0 Å². The summed E-state index contributed by atoms with van der Waals surface area (Å²) in [5.74, 6) is -6.69. The standard InChI is InChI=1S/C7H4F5NO2/c8-6(9,7(10,11)12)4-2-1-3(13-4)5(14)15/h1-2,13H,(H,14,15). The summed E-state index contributed by atoms with van der Waals surface area (Å²) < 4.78 is 60.6. The number of alkyl halides is 5. The van der Waals surface area contributed by atoms with Crippen LogP contribution in [0.1, 0.15) is 16.2 Å². The highest BCUT2D eigenvalue weighted by atomic mass is 19.4. The number of hydrogen-bond donors (Lipinski definition) is 2. The molecule has 0 unspecified atom stereocenters. The van der Waals surface area contributed by atoms with Crippen molar-refractivity contribution in [3.05, 3.63) is 23.5 Å². The zero-order valence-electron chi connectivity index (χ0n) is 6.90. The fraction of sp³-hybridized carbons (Fsp3) is 0.286. The highest BCUT2D eigenvalue weighted by molar-refractivity contribution is 5.85. The van der Waals surface area contributed by atoms with Crippen LogP contribution in [0.5, 0.6) is 0 Å². The SMILES string of the molecule is O=C(O)c1ccc(C(F)(F)C(F)(F)F)[nH]1. The van der Waals surface area contributed by atoms with Gasteiger partial charge in [-0.3, -0.25) is 0 Å². The Hall–Kier alpha value is -1.60. The van der Waals surface area contributed by atoms with Crippen LogP contribution in [0, 0.1) is 0 Å². The normalized spacial score (nSPS) is 12.9. The predicted octanol–water partition coefficient (Wildman–Crippen LogP) is 2.37. The van der Waals surface area contributed by atoms with E-state index in [1.54, 1.807) is 0 Å². The molecule has 0 atom stereocenters. The molecule has 0 radical (unpaired) electrons. The minimum Gasteiger partial charge on any atom is -0.477 e. The van der Waals surface area contributed by atoms with E-state index in [1.165, 1.54) is 4.98 Å². The van der Waals surface area contributed by atoms with Crippen molar-refractivity contribution < 1.29 is 31.9 Å². The predicted molar refractivity (Wildman–Crippen MR) is 37.7 cm³/mol. The molecule has 1 aromatic heterocycles. The number of hydrogen-bond acceptors (Lipinski definition) is 1. The van der Waals surface area contributed by atoms with Gasteiger partial charge in [-0.25, -0.2) is 4.79 Å². The third kappa shape index (κ3) is 1.92. The first-order valence-electron chi connectivity index (χ1n) is 3.53. The van der Waals surface area contributed by atoms with Crippen LogP contribution >= 0.6 is 0 Å². The van der Waals surface area contributed by atoms with Gasteiger partial charge in [0.25, 0.3) is 0 Å². The Balaban J connectivity index is 3.11. The number of carboxylic acids is 1. The van der Waals surface area contributed by atoms with E-state index in [0.29, 0.717) is 12.1 Å². The number of nitrogens with one attached hydrogen (secondary N) is 1. The lowest BCUT2D eigenvalue weighted by Crippen LogP contribution is -2.34. The summed E-state index contributed by atoms with van der Waals surface area (Å²) in [6.07, 6.45) is -5.76. The Kier molecular flexibility index (Phi) is 2.46. The second kappa shape index (κ2) is 3.21. The lowest BCUT2D eigenvalue weighted by atomic mass is 10.2. The van der Waals surface area contributed by atoms with Crippen molar-refractivity contribution in [2.75, 3.05) is 0 Å². The molecule has 0 aliphatic carbocycles. The van der Waals surface area contributed by atoms with E-state index in [9.17, 15) is 26.7 Å². The maximum Gasteiger partial charge on any atom is 0.459 e. The molecule has 0 aromatic carbocycles. The maximum absolute atomic E-state index is 12.6. The van der Waals surface area contributed by atoms with Crippen LogP contribution in [0.2, 0.25) is 0 Å². The van der Waals surface area contributed by atoms with Gasteiger partial charge in [-0.15, -0.1) is 0 Å². The molecule has 2 N–H and O–H groups in total. The highest BCUT2D eigenvalue weighted by Crippen LogP contribution is 2.43. The summed E-state index contributed by atoms with van der Waals surface area (Å²) in [4.78, 5) is 11.7. The summed E-state index contributed by atoms with van der Waals surface area (Å²) in [6, 6.07) is 1.02. The average molecular weight is 229 g/mol. The van der Waals surface area contributed by atoms with E-state index in [0.717, 1.165) is 0 Å². The van der Waals surface area contributed by atoms with E-state index in [4.69, 9.17) is 5.11 Å². The van der Waals surface area contributed by atoms with Crippen molar-refractivity contribution in [2.45, 2.75) is 12.1 Å². The fourth-order valence-corrected chi connectivity index (χ4v) is 0.856. The fourth-order valence-electron chi connectivity index (χ4n) is 0.856. The van der Waals surface area contributed by atoms with Crippen LogP contribution in [-0.4, -0.2) is 22.2 Å². The molecule has 0 spiro atoms. The number of aromatic nitrogens is 1. The molecular formula is C7H4F5NO2. The first kappa shape index (κ1) is 11.5. The van der Waals surface area contributed by atoms with Crippen LogP contribution in [0.3, 0.4) is 0 Å². The van der Waals surface area contributed by atoms with Gasteiger partial charge >= 0.3 is 18.1 Å². The van der Waals surface area contributed by atoms with E-state index in [-0.39, 0.29) is 0 Å². The van der Waals surface area contributed by atoms with Crippen molar-refractivity contribution in [2.24, 2.45) is 0 Å². The molecule has 8 heteroatoms. The van der Waals surface area contributed by atoms with Crippen molar-refractivity contribution in [1.29, 1.82) is 0 Å². The minimum atomic E-state index is -5.76. The van der Waals surface area contributed by atoms with E-state index < -0.39 is 29.5 Å². The van der Waals surface area contributed by atoms with E-state index in [2.05, 4.69) is 0 Å². The largest absolute Gasteiger partial charge is 0.477 e. The quantitative estimate of drug-likeness (QED) is 0.765. The monoisotopic (exact) mass is 229 g/mol. The Labute approximate surface area is 79.5 Å². The number of rotatable bonds is 2. The molecule has 0 saturated heterocycles. The van der Waals surface area contributed by atoms with Gasteiger partial charge in [-0.2, -0.15) is 22.0 Å². The van der Waals surface area contributed by atoms with Crippen LogP contribution < -0.4 is 0 Å². The van der Waals surface area contributed by atoms with Gasteiger partial charge in [0.05, 0.1) is 5.69 Å². The number of carbonyl (C=O) groups is 1. The molecule has 0 amide bonds. The van der Waals surface area contributed by atoms with E-state index in [1.807, 2.05) is 0 Å². The molecule has 1 aromatic rings. The summed E-state index contributed by atoms with van der Waals surface area (Å²) in [6.45, 7) is 0. The Morgan fingerprint density at radius 3 is 2.07 bits per heavy atom. The lowest BCUT2D eigenvalue weighted by molar-refractivity contribution is -0.290. The van der Waals surface area contributed by atoms with Crippen molar-refractivity contribution >= 4 is 5.97 Å². The van der Waals surface area contributed by atoms with Crippen LogP contribution in [0.15, 0.2) is 12.1 Å². The maximum atomic E-state index is 12.6. The minimum absolute atomic E-state index is 0.386. The summed E-state index contributed by atoms with van der Waals surface area (Å²) in [5, 5.41) is 8.31. The van der Waals surface area contributed by atoms with Crippen LogP contribution in [-0.2, 0) is 5.92 Å². The van der Waals surface area contributed by atoms with Crippen LogP contribution in [0.25, 0.3) is 0 Å². The molecule has 0 bridgehead atoms. The van der Waals surface area contributed by atoms with Gasteiger partial charge in [-0.1, -0.05) is 0 Å². The molecule has 0 saturated carbocycles. The highest BCUT2D eigenvalue weighted by Gasteiger charge is 2.59. The molecule has 0 aliphatic rings. The van der Waals surface area contributed by atoms with Crippen molar-refractivity contribution in [1.82, 2.24) is 4.98 Å². The van der Waals surface area contributed by atoms with Crippen molar-refractivity contribution in [3.63, 3.8) is 0 Å². The summed E-state index contributed by atoms with van der Waals surface area (Å²) in [5.41, 5.74) is -2.22.